The summed E-state index contributed by atoms with van der Waals surface area (Å²) in [4.78, 5) is 18.1. The lowest BCUT2D eigenvalue weighted by atomic mass is 10.0. The molecule has 0 amide bonds. The highest BCUT2D eigenvalue weighted by Crippen LogP contribution is 2.31. The molecule has 166 valence electrons. The van der Waals surface area contributed by atoms with Gasteiger partial charge in [0.1, 0.15) is 11.3 Å². The zero-order chi connectivity index (χ0) is 23.2. The number of Topliss-reactive ketones (excluding diaryl/α,β-unsaturated/α-hetero) is 1. The Balaban J connectivity index is 1.78. The van der Waals surface area contributed by atoms with Gasteiger partial charge < -0.3 is 18.6 Å². The third-order valence-electron chi connectivity index (χ3n) is 5.09. The lowest BCUT2D eigenvalue weighted by Crippen LogP contribution is -2.04. The number of ether oxygens (including phenoxy) is 3. The summed E-state index contributed by atoms with van der Waals surface area (Å²) < 4.78 is 22.0. The monoisotopic (exact) mass is 441 g/mol. The highest BCUT2D eigenvalue weighted by atomic mass is 16.5. The van der Waals surface area contributed by atoms with E-state index in [1.54, 1.807) is 44.6 Å². The van der Waals surface area contributed by atoms with Crippen LogP contribution in [-0.2, 0) is 0 Å². The lowest BCUT2D eigenvalue weighted by molar-refractivity contribution is 0.105. The lowest BCUT2D eigenvalue weighted by Gasteiger charge is -2.09. The fourth-order valence-electron chi connectivity index (χ4n) is 3.42. The van der Waals surface area contributed by atoms with Gasteiger partial charge in [0.2, 0.25) is 5.89 Å². The molecule has 6 nitrogen and oxygen atoms in total. The maximum Gasteiger partial charge on any atom is 0.231 e. The van der Waals surface area contributed by atoms with Crippen molar-refractivity contribution < 1.29 is 23.4 Å². The molecule has 0 atom stereocenters. The molecule has 0 aliphatic heterocycles. The average molecular weight is 441 g/mol. The SMILES string of the molecule is COc1ccccc1C=CC=C(C(=O)c1ccc(OC)c(OC)c1)c1nc2ccccc2o1. The first kappa shape index (κ1) is 21.9. The zero-order valence-electron chi connectivity index (χ0n) is 18.6. The fourth-order valence-corrected chi connectivity index (χ4v) is 3.42. The second-order valence-electron chi connectivity index (χ2n) is 7.07. The molecule has 0 aliphatic rings. The van der Waals surface area contributed by atoms with Gasteiger partial charge in [0.25, 0.3) is 0 Å². The molecular formula is C27H23NO5. The second-order valence-corrected chi connectivity index (χ2v) is 7.07. The Hall–Kier alpha value is -4.32. The molecule has 1 heterocycles. The third kappa shape index (κ3) is 4.65. The maximum atomic E-state index is 13.5. The van der Waals surface area contributed by atoms with E-state index in [0.717, 1.165) is 11.3 Å². The first-order valence-corrected chi connectivity index (χ1v) is 10.3. The van der Waals surface area contributed by atoms with Gasteiger partial charge in [-0.1, -0.05) is 42.5 Å². The van der Waals surface area contributed by atoms with Crippen LogP contribution < -0.4 is 14.2 Å². The standard InChI is InChI=1S/C27H23NO5/c1-30-22-13-6-4-9-18(22)10-8-11-20(27-28-21-12-5-7-14-23(21)33-27)26(29)19-15-16-24(31-2)25(17-19)32-3/h4-17H,1-3H3. The highest BCUT2D eigenvalue weighted by molar-refractivity contribution is 6.28. The molecular weight excluding hydrogens is 418 g/mol. The summed E-state index contributed by atoms with van der Waals surface area (Å²) in [6, 6.07) is 20.0. The molecule has 0 N–H and O–H groups in total. The number of nitrogens with zero attached hydrogens (tertiary/aromatic N) is 1. The molecule has 4 rings (SSSR count). The number of benzene rings is 3. The molecule has 33 heavy (non-hydrogen) atoms. The van der Waals surface area contributed by atoms with E-state index in [2.05, 4.69) is 4.98 Å². The minimum atomic E-state index is -0.257. The van der Waals surface area contributed by atoms with Crippen LogP contribution in [0.2, 0.25) is 0 Å². The first-order chi connectivity index (χ1) is 16.1. The molecule has 1 aromatic heterocycles. The van der Waals surface area contributed by atoms with E-state index < -0.39 is 0 Å². The van der Waals surface area contributed by atoms with Crippen LogP contribution in [0.25, 0.3) is 22.7 Å². The van der Waals surface area contributed by atoms with Gasteiger partial charge in [-0.05, 0) is 42.5 Å². The van der Waals surface area contributed by atoms with Gasteiger partial charge in [0.05, 0.1) is 26.9 Å². The number of allylic oxidation sites excluding steroid dienone is 3. The fraction of sp³-hybridized carbons (Fsp3) is 0.111. The van der Waals surface area contributed by atoms with Crippen molar-refractivity contribution in [3.8, 4) is 17.2 Å². The molecule has 0 aliphatic carbocycles. The first-order valence-electron chi connectivity index (χ1n) is 10.3. The molecule has 0 saturated heterocycles. The Morgan fingerprint density at radius 1 is 0.848 bits per heavy atom. The van der Waals surface area contributed by atoms with Crippen LogP contribution in [0, 0.1) is 0 Å². The van der Waals surface area contributed by atoms with Crippen LogP contribution in [0.3, 0.4) is 0 Å². The maximum absolute atomic E-state index is 13.5. The zero-order valence-corrected chi connectivity index (χ0v) is 18.6. The van der Waals surface area contributed by atoms with Crippen molar-refractivity contribution in [2.24, 2.45) is 0 Å². The van der Waals surface area contributed by atoms with Crippen LogP contribution in [0.1, 0.15) is 21.8 Å². The number of hydrogen-bond acceptors (Lipinski definition) is 6. The minimum Gasteiger partial charge on any atom is -0.496 e. The molecule has 6 heteroatoms. The predicted molar refractivity (Wildman–Crippen MR) is 128 cm³/mol. The Kier molecular flexibility index (Phi) is 6.55. The summed E-state index contributed by atoms with van der Waals surface area (Å²) in [5.74, 6) is 1.71. The normalized spacial score (nSPS) is 11.7. The summed E-state index contributed by atoms with van der Waals surface area (Å²) in [5, 5.41) is 0. The summed E-state index contributed by atoms with van der Waals surface area (Å²) in [7, 11) is 4.69. The summed E-state index contributed by atoms with van der Waals surface area (Å²) in [5.41, 5.74) is 2.89. The van der Waals surface area contributed by atoms with Crippen LogP contribution >= 0.6 is 0 Å². The van der Waals surface area contributed by atoms with E-state index in [-0.39, 0.29) is 11.7 Å². The number of carbonyl (C=O) groups is 1. The van der Waals surface area contributed by atoms with Crippen molar-refractivity contribution in [3.63, 3.8) is 0 Å². The van der Waals surface area contributed by atoms with Gasteiger partial charge in [-0.15, -0.1) is 0 Å². The van der Waals surface area contributed by atoms with Gasteiger partial charge in [-0.25, -0.2) is 4.98 Å². The number of ketones is 1. The van der Waals surface area contributed by atoms with E-state index in [0.29, 0.717) is 33.7 Å². The van der Waals surface area contributed by atoms with Crippen molar-refractivity contribution in [2.45, 2.75) is 0 Å². The summed E-state index contributed by atoms with van der Waals surface area (Å²) >= 11 is 0. The van der Waals surface area contributed by atoms with Crippen LogP contribution in [-0.4, -0.2) is 32.1 Å². The van der Waals surface area contributed by atoms with E-state index >= 15 is 0 Å². The van der Waals surface area contributed by atoms with Crippen molar-refractivity contribution in [3.05, 3.63) is 95.9 Å². The molecule has 0 radical (unpaired) electrons. The van der Waals surface area contributed by atoms with Crippen molar-refractivity contribution in [1.82, 2.24) is 4.98 Å². The number of fused-ring (bicyclic) bond motifs is 1. The highest BCUT2D eigenvalue weighted by Gasteiger charge is 2.21. The number of oxazole rings is 1. The van der Waals surface area contributed by atoms with Gasteiger partial charge in [-0.3, -0.25) is 4.79 Å². The van der Waals surface area contributed by atoms with Crippen molar-refractivity contribution in [2.75, 3.05) is 21.3 Å². The van der Waals surface area contributed by atoms with Crippen LogP contribution in [0.5, 0.6) is 17.2 Å². The quantitative estimate of drug-likeness (QED) is 0.195. The largest absolute Gasteiger partial charge is 0.496 e. The minimum absolute atomic E-state index is 0.237. The number of para-hydroxylation sites is 3. The summed E-state index contributed by atoms with van der Waals surface area (Å²) in [6.45, 7) is 0. The number of aromatic nitrogens is 1. The van der Waals surface area contributed by atoms with Crippen molar-refractivity contribution >= 4 is 28.5 Å². The summed E-state index contributed by atoms with van der Waals surface area (Å²) in [6.07, 6.45) is 5.33. The Labute approximate surface area is 191 Å². The Bertz CT molecular complexity index is 1320. The molecule has 0 bridgehead atoms. The third-order valence-corrected chi connectivity index (χ3v) is 5.09. The van der Waals surface area contributed by atoms with E-state index in [9.17, 15) is 4.79 Å². The predicted octanol–water partition coefficient (Wildman–Crippen LogP) is 5.83. The average Bonchev–Trinajstić information content (AvgIpc) is 3.30. The smallest absolute Gasteiger partial charge is 0.231 e. The van der Waals surface area contributed by atoms with Gasteiger partial charge >= 0.3 is 0 Å². The van der Waals surface area contributed by atoms with E-state index in [1.165, 1.54) is 7.11 Å². The number of rotatable bonds is 8. The van der Waals surface area contributed by atoms with Crippen molar-refractivity contribution in [1.29, 1.82) is 0 Å². The number of hydrogen-bond donors (Lipinski definition) is 0. The second kappa shape index (κ2) is 9.87. The Morgan fingerprint density at radius 3 is 2.33 bits per heavy atom. The Morgan fingerprint density at radius 2 is 1.58 bits per heavy atom. The number of carbonyl (C=O) groups excluding carboxylic acids is 1. The molecule has 0 saturated carbocycles. The van der Waals surface area contributed by atoms with Crippen LogP contribution in [0.4, 0.5) is 0 Å². The van der Waals surface area contributed by atoms with Crippen LogP contribution in [0.15, 0.2) is 83.3 Å². The van der Waals surface area contributed by atoms with E-state index in [4.69, 9.17) is 18.6 Å². The van der Waals surface area contributed by atoms with Gasteiger partial charge in [0, 0.05) is 11.1 Å². The molecule has 3 aromatic carbocycles. The molecule has 0 spiro atoms. The number of methoxy groups -OCH3 is 3. The molecule has 4 aromatic rings. The molecule has 0 unspecified atom stereocenters. The van der Waals surface area contributed by atoms with Gasteiger partial charge in [-0.2, -0.15) is 0 Å². The van der Waals surface area contributed by atoms with Gasteiger partial charge in [0.15, 0.2) is 22.9 Å². The topological polar surface area (TPSA) is 70.8 Å². The molecule has 0 fully saturated rings. The van der Waals surface area contributed by atoms with E-state index in [1.807, 2.05) is 54.6 Å².